The number of halogens is 1. The molecule has 1 saturated heterocycles. The molecule has 15 heteroatoms. The lowest BCUT2D eigenvalue weighted by atomic mass is 9.87. The molecule has 2 aliphatic carbocycles. The molecule has 0 bridgehead atoms. The van der Waals surface area contributed by atoms with E-state index < -0.39 is 73.3 Å². The van der Waals surface area contributed by atoms with Crippen LogP contribution in [0.2, 0.25) is 5.02 Å². The number of ether oxygens (including phenoxy) is 2. The van der Waals surface area contributed by atoms with E-state index in [-0.39, 0.29) is 19.4 Å². The number of nitrogens with one attached hydrogen (secondary N) is 3. The monoisotopic (exact) mass is 783 g/mol. The highest BCUT2D eigenvalue weighted by Gasteiger charge is 2.64. The third-order valence-corrected chi connectivity index (χ3v) is 14.0. The zero-order chi connectivity index (χ0) is 38.8. The van der Waals surface area contributed by atoms with E-state index in [1.807, 2.05) is 31.2 Å². The minimum atomic E-state index is -3.99. The van der Waals surface area contributed by atoms with Crippen LogP contribution in [0.5, 0.6) is 5.75 Å². The van der Waals surface area contributed by atoms with Crippen molar-refractivity contribution >= 4 is 56.3 Å². The van der Waals surface area contributed by atoms with Crippen LogP contribution in [0, 0.1) is 12.8 Å². The maximum absolute atomic E-state index is 14.7. The largest absolute Gasteiger partial charge is 0.483 e. The molecule has 1 aromatic heterocycles. The van der Waals surface area contributed by atoms with E-state index >= 15 is 0 Å². The number of amides is 4. The second kappa shape index (κ2) is 13.7. The maximum atomic E-state index is 14.7. The van der Waals surface area contributed by atoms with Crippen molar-refractivity contribution < 1.29 is 37.1 Å². The zero-order valence-corrected chi connectivity index (χ0v) is 33.1. The topological polar surface area (TPSA) is 173 Å². The van der Waals surface area contributed by atoms with Gasteiger partial charge in [0, 0.05) is 28.3 Å². The molecule has 1 spiro atoms. The average molecular weight is 784 g/mol. The number of nitrogens with zero attached hydrogens (tertiary/aromatic N) is 2. The summed E-state index contributed by atoms with van der Waals surface area (Å²) in [6.07, 6.45) is 8.56. The number of hydrogen-bond acceptors (Lipinski definition) is 9. The number of benzene rings is 1. The highest BCUT2D eigenvalue weighted by Crippen LogP contribution is 2.49. The van der Waals surface area contributed by atoms with Crippen molar-refractivity contribution in [2.45, 2.75) is 139 Å². The first-order valence-corrected chi connectivity index (χ1v) is 20.8. The number of pyridine rings is 1. The fraction of sp³-hybridized carbons (Fsp3) is 0.615. The quantitative estimate of drug-likeness (QED) is 0.355. The van der Waals surface area contributed by atoms with E-state index in [1.54, 1.807) is 33.8 Å². The number of sulfonamides is 1. The summed E-state index contributed by atoms with van der Waals surface area (Å²) in [6.45, 7) is 8.71. The van der Waals surface area contributed by atoms with Crippen LogP contribution in [0.1, 0.15) is 103 Å². The molecular formula is C39H50ClN5O8S. The van der Waals surface area contributed by atoms with Crippen LogP contribution in [0.25, 0.3) is 10.9 Å². The summed E-state index contributed by atoms with van der Waals surface area (Å²) in [5, 5.41) is 7.16. The molecule has 4 amide bonds. The molecule has 3 aliphatic heterocycles. The van der Waals surface area contributed by atoms with Gasteiger partial charge in [-0.05, 0) is 104 Å². The molecule has 4 heterocycles. The van der Waals surface area contributed by atoms with Crippen LogP contribution in [0.15, 0.2) is 30.4 Å². The van der Waals surface area contributed by atoms with E-state index in [4.69, 9.17) is 26.1 Å². The van der Waals surface area contributed by atoms with Gasteiger partial charge in [-0.15, -0.1) is 0 Å². The molecule has 3 fully saturated rings. The van der Waals surface area contributed by atoms with Crippen molar-refractivity contribution in [1.82, 2.24) is 25.2 Å². The van der Waals surface area contributed by atoms with Crippen molar-refractivity contribution in [2.75, 3.05) is 6.54 Å². The Morgan fingerprint density at radius 3 is 2.59 bits per heavy atom. The molecule has 1 aromatic carbocycles. The molecule has 54 heavy (non-hydrogen) atoms. The summed E-state index contributed by atoms with van der Waals surface area (Å²) in [5.74, 6) is -1.69. The molecule has 13 nitrogen and oxygen atoms in total. The number of allylic oxidation sites excluding steroid dienone is 1. The molecule has 7 rings (SSSR count). The van der Waals surface area contributed by atoms with Gasteiger partial charge in [-0.1, -0.05) is 36.6 Å². The molecular weight excluding hydrogens is 734 g/mol. The number of aryl methyl sites for hydroxylation is 2. The second-order valence-electron chi connectivity index (χ2n) is 17.1. The molecule has 5 aliphatic rings. The van der Waals surface area contributed by atoms with Gasteiger partial charge < -0.3 is 25.0 Å². The standard InChI is InChI=1S/C39H50ClN5O8S/c1-23-31-26(27-19-25(40)13-14-28(27)41-23)15-16-38(52-31)21-30-32(46)43-39(34(48)44-54(50,51)37(5)17-18-37)20-24(39)11-9-7-6-8-10-12-29(33(47)45(30)22-38)42-35(49)53-36(2,3)4/h9,11,13-14,19,24,29-30H,6-8,10,12,15-18,20-22H2,1-5H3,(H,42,49)(H,43,46)(H,44,48)/b11-9-/t24-,29-,30-,38+,39+/m0/s1. The SMILES string of the molecule is Cc1nc2ccc(Cl)cc2c2c1O[C@]1(CC2)C[C@H]2C(=O)N[C@]3(C(=O)NS(=O)(=O)C4(C)CC4)C[C@@H]3/C=C\CCCCC[C@H](NC(=O)OC(C)(C)C)C(=O)N2C1. The molecule has 2 saturated carbocycles. The molecule has 0 unspecified atom stereocenters. The Bertz CT molecular complexity index is 2050. The van der Waals surface area contributed by atoms with Crippen molar-refractivity contribution in [3.05, 3.63) is 46.6 Å². The lowest BCUT2D eigenvalue weighted by Gasteiger charge is -2.36. The minimum Gasteiger partial charge on any atom is -0.483 e. The van der Waals surface area contributed by atoms with Crippen LogP contribution < -0.4 is 20.1 Å². The number of carbonyl (C=O) groups is 4. The fourth-order valence-electron chi connectivity index (χ4n) is 8.11. The van der Waals surface area contributed by atoms with E-state index in [0.717, 1.165) is 29.3 Å². The first kappa shape index (κ1) is 38.4. The molecule has 5 atom stereocenters. The van der Waals surface area contributed by atoms with Gasteiger partial charge in [0.25, 0.3) is 5.91 Å². The molecule has 0 radical (unpaired) electrons. The van der Waals surface area contributed by atoms with Crippen LogP contribution in [0.4, 0.5) is 4.79 Å². The van der Waals surface area contributed by atoms with E-state index in [0.29, 0.717) is 61.4 Å². The number of carbonyl (C=O) groups excluding carboxylic acids is 4. The van der Waals surface area contributed by atoms with Crippen LogP contribution >= 0.6 is 11.6 Å². The third-order valence-electron chi connectivity index (χ3n) is 11.6. The van der Waals surface area contributed by atoms with Gasteiger partial charge in [-0.25, -0.2) is 18.2 Å². The number of alkyl carbamates (subject to hydrolysis) is 1. The minimum absolute atomic E-state index is 0.0398. The smallest absolute Gasteiger partial charge is 0.408 e. The van der Waals surface area contributed by atoms with Gasteiger partial charge in [-0.2, -0.15) is 0 Å². The Balaban J connectivity index is 1.24. The van der Waals surface area contributed by atoms with Crippen molar-refractivity contribution in [1.29, 1.82) is 0 Å². The van der Waals surface area contributed by atoms with Gasteiger partial charge in [0.1, 0.15) is 34.6 Å². The molecule has 2 aromatic rings. The Morgan fingerprint density at radius 2 is 1.87 bits per heavy atom. The van der Waals surface area contributed by atoms with E-state index in [2.05, 4.69) is 15.4 Å². The first-order valence-electron chi connectivity index (χ1n) is 19.0. The number of aromatic nitrogens is 1. The summed E-state index contributed by atoms with van der Waals surface area (Å²) >= 11 is 6.38. The Morgan fingerprint density at radius 1 is 1.11 bits per heavy atom. The number of rotatable bonds is 4. The average Bonchev–Trinajstić information content (AvgIpc) is 3.98. The van der Waals surface area contributed by atoms with Crippen LogP contribution in [0.3, 0.4) is 0 Å². The lowest BCUT2D eigenvalue weighted by Crippen LogP contribution is -2.58. The summed E-state index contributed by atoms with van der Waals surface area (Å²) in [7, 11) is -3.99. The second-order valence-corrected chi connectivity index (χ2v) is 19.7. The fourth-order valence-corrected chi connectivity index (χ4v) is 9.60. The van der Waals surface area contributed by atoms with Crippen molar-refractivity contribution in [3.63, 3.8) is 0 Å². The predicted octanol–water partition coefficient (Wildman–Crippen LogP) is 5.15. The van der Waals surface area contributed by atoms with Crippen LogP contribution in [-0.2, 0) is 35.6 Å². The van der Waals surface area contributed by atoms with Crippen molar-refractivity contribution in [2.24, 2.45) is 5.92 Å². The normalized spacial score (nSPS) is 30.0. The predicted molar refractivity (Wildman–Crippen MR) is 202 cm³/mol. The Kier molecular flexibility index (Phi) is 9.72. The highest BCUT2D eigenvalue weighted by atomic mass is 35.5. The van der Waals surface area contributed by atoms with Crippen molar-refractivity contribution in [3.8, 4) is 5.75 Å². The zero-order valence-electron chi connectivity index (χ0n) is 31.6. The lowest BCUT2D eigenvalue weighted by molar-refractivity contribution is -0.141. The van der Waals surface area contributed by atoms with E-state index in [9.17, 15) is 27.6 Å². The van der Waals surface area contributed by atoms with Gasteiger partial charge in [0.05, 0.1) is 22.5 Å². The number of fused-ring (bicyclic) bond motifs is 5. The summed E-state index contributed by atoms with van der Waals surface area (Å²) in [5.41, 5.74) is -0.907. The number of hydrogen-bond donors (Lipinski definition) is 3. The van der Waals surface area contributed by atoms with Gasteiger partial charge in [-0.3, -0.25) is 19.1 Å². The summed E-state index contributed by atoms with van der Waals surface area (Å²) in [4.78, 5) is 62.5. The van der Waals surface area contributed by atoms with Gasteiger partial charge >= 0.3 is 6.09 Å². The molecule has 3 N–H and O–H groups in total. The summed E-state index contributed by atoms with van der Waals surface area (Å²) in [6, 6.07) is 3.43. The highest BCUT2D eigenvalue weighted by molar-refractivity contribution is 7.91. The Hall–Kier alpha value is -3.91. The summed E-state index contributed by atoms with van der Waals surface area (Å²) < 4.78 is 40.0. The third kappa shape index (κ3) is 7.39. The Labute approximate surface area is 321 Å². The van der Waals surface area contributed by atoms with Gasteiger partial charge in [0.2, 0.25) is 21.8 Å². The van der Waals surface area contributed by atoms with Crippen LogP contribution in [-0.4, -0.2) is 82.2 Å². The van der Waals surface area contributed by atoms with Gasteiger partial charge in [0.15, 0.2) is 0 Å². The maximum Gasteiger partial charge on any atom is 0.408 e. The molecule has 292 valence electrons. The van der Waals surface area contributed by atoms with E-state index in [1.165, 1.54) is 4.90 Å². The first-order chi connectivity index (χ1) is 25.3.